The van der Waals surface area contributed by atoms with Gasteiger partial charge in [0.2, 0.25) is 0 Å². The highest BCUT2D eigenvalue weighted by Gasteiger charge is 2.22. The van der Waals surface area contributed by atoms with Gasteiger partial charge in [0, 0.05) is 38.5 Å². The summed E-state index contributed by atoms with van der Waals surface area (Å²) in [5.41, 5.74) is 8.77. The molecular weight excluding hydrogens is 246 g/mol. The van der Waals surface area contributed by atoms with Gasteiger partial charge in [-0.15, -0.1) is 0 Å². The van der Waals surface area contributed by atoms with E-state index in [1.807, 2.05) is 0 Å². The van der Waals surface area contributed by atoms with Crippen molar-refractivity contribution in [1.29, 1.82) is 0 Å². The number of anilines is 1. The van der Waals surface area contributed by atoms with Gasteiger partial charge in [0.25, 0.3) is 0 Å². The molecule has 1 saturated heterocycles. The Kier molecular flexibility index (Phi) is 4.71. The van der Waals surface area contributed by atoms with Crippen LogP contribution in [0.25, 0.3) is 0 Å². The minimum Gasteiger partial charge on any atom is -0.369 e. The van der Waals surface area contributed by atoms with E-state index >= 15 is 0 Å². The summed E-state index contributed by atoms with van der Waals surface area (Å²) in [4.78, 5) is 4.75. The minimum atomic E-state index is 0.314. The Morgan fingerprint density at radius 3 is 2.05 bits per heavy atom. The molecule has 20 heavy (non-hydrogen) atoms. The second-order valence-electron chi connectivity index (χ2n) is 6.97. The van der Waals surface area contributed by atoms with Crippen molar-refractivity contribution in [2.45, 2.75) is 33.6 Å². The zero-order valence-corrected chi connectivity index (χ0v) is 13.4. The average Bonchev–Trinajstić information content (AvgIpc) is 2.46. The quantitative estimate of drug-likeness (QED) is 0.920. The van der Waals surface area contributed by atoms with Gasteiger partial charge in [0.1, 0.15) is 0 Å². The van der Waals surface area contributed by atoms with Crippen molar-refractivity contribution in [1.82, 2.24) is 4.90 Å². The summed E-state index contributed by atoms with van der Waals surface area (Å²) in [5.74, 6) is 0.575. The number of nitrogens with two attached hydrogens (primary N) is 1. The van der Waals surface area contributed by atoms with Gasteiger partial charge < -0.3 is 10.6 Å². The molecule has 1 aromatic carbocycles. The molecule has 0 saturated carbocycles. The van der Waals surface area contributed by atoms with E-state index in [4.69, 9.17) is 5.73 Å². The zero-order chi connectivity index (χ0) is 14.8. The fourth-order valence-electron chi connectivity index (χ4n) is 2.66. The highest BCUT2D eigenvalue weighted by atomic mass is 15.3. The molecule has 3 nitrogen and oxygen atoms in total. The van der Waals surface area contributed by atoms with Crippen LogP contribution in [-0.4, -0.2) is 37.7 Å². The summed E-state index contributed by atoms with van der Waals surface area (Å²) in [6.07, 6.45) is 0. The third-order valence-corrected chi connectivity index (χ3v) is 4.69. The van der Waals surface area contributed by atoms with Gasteiger partial charge in [0.05, 0.1) is 0 Å². The van der Waals surface area contributed by atoms with Crippen LogP contribution < -0.4 is 10.6 Å². The van der Waals surface area contributed by atoms with Crippen molar-refractivity contribution in [3.8, 4) is 0 Å². The zero-order valence-electron chi connectivity index (χ0n) is 13.4. The summed E-state index contributed by atoms with van der Waals surface area (Å²) >= 11 is 0. The molecule has 0 aliphatic carbocycles. The van der Waals surface area contributed by atoms with E-state index < -0.39 is 0 Å². The summed E-state index contributed by atoms with van der Waals surface area (Å²) in [6, 6.07) is 9.13. The van der Waals surface area contributed by atoms with E-state index in [0.29, 0.717) is 18.0 Å². The van der Waals surface area contributed by atoms with Crippen LogP contribution in [0.1, 0.15) is 39.2 Å². The third kappa shape index (κ3) is 3.53. The van der Waals surface area contributed by atoms with Crippen LogP contribution in [0.4, 0.5) is 5.69 Å². The van der Waals surface area contributed by atoms with E-state index in [9.17, 15) is 0 Å². The second kappa shape index (κ2) is 6.15. The second-order valence-corrected chi connectivity index (χ2v) is 6.97. The van der Waals surface area contributed by atoms with Gasteiger partial charge in [-0.1, -0.05) is 39.8 Å². The summed E-state index contributed by atoms with van der Waals surface area (Å²) in [6.45, 7) is 14.2. The molecule has 0 radical (unpaired) electrons. The van der Waals surface area contributed by atoms with Crippen LogP contribution in [0.5, 0.6) is 0 Å². The number of piperazine rings is 1. The van der Waals surface area contributed by atoms with Crippen molar-refractivity contribution >= 4 is 5.69 Å². The standard InChI is InChI=1S/C17H29N3/c1-14(17(2,3)4)15-5-7-16(8-6-15)20-11-9-19(13-18)10-12-20/h5-8,14H,9-13,18H2,1-4H3. The minimum absolute atomic E-state index is 0.314. The maximum atomic E-state index is 5.69. The fraction of sp³-hybridized carbons (Fsp3) is 0.647. The van der Waals surface area contributed by atoms with Crippen LogP contribution in [0, 0.1) is 5.41 Å². The van der Waals surface area contributed by atoms with Gasteiger partial charge in [0.15, 0.2) is 0 Å². The predicted octanol–water partition coefficient (Wildman–Crippen LogP) is 2.87. The van der Waals surface area contributed by atoms with Crippen molar-refractivity contribution in [3.63, 3.8) is 0 Å². The lowest BCUT2D eigenvalue weighted by molar-refractivity contribution is 0.265. The monoisotopic (exact) mass is 275 g/mol. The Hall–Kier alpha value is -1.06. The molecule has 1 heterocycles. The molecule has 1 fully saturated rings. The number of nitrogens with zero attached hydrogens (tertiary/aromatic N) is 2. The summed E-state index contributed by atoms with van der Waals surface area (Å²) < 4.78 is 0. The van der Waals surface area contributed by atoms with Crippen LogP contribution in [0.2, 0.25) is 0 Å². The molecule has 1 unspecified atom stereocenters. The third-order valence-electron chi connectivity index (χ3n) is 4.69. The van der Waals surface area contributed by atoms with E-state index in [1.165, 1.54) is 11.3 Å². The molecule has 112 valence electrons. The number of hydrogen-bond acceptors (Lipinski definition) is 3. The van der Waals surface area contributed by atoms with Crippen LogP contribution in [0.15, 0.2) is 24.3 Å². The highest BCUT2D eigenvalue weighted by molar-refractivity contribution is 5.48. The Morgan fingerprint density at radius 1 is 1.05 bits per heavy atom. The van der Waals surface area contributed by atoms with E-state index in [-0.39, 0.29) is 0 Å². The molecule has 2 N–H and O–H groups in total. The van der Waals surface area contributed by atoms with Crippen LogP contribution in [-0.2, 0) is 0 Å². The SMILES string of the molecule is CC(c1ccc(N2CCN(CN)CC2)cc1)C(C)(C)C. The maximum absolute atomic E-state index is 5.69. The highest BCUT2D eigenvalue weighted by Crippen LogP contribution is 2.35. The molecule has 0 spiro atoms. The Labute approximate surface area is 123 Å². The first-order chi connectivity index (χ1) is 9.41. The van der Waals surface area contributed by atoms with Gasteiger partial charge in [-0.3, -0.25) is 4.90 Å². The number of hydrogen-bond donors (Lipinski definition) is 1. The fourth-order valence-corrected chi connectivity index (χ4v) is 2.66. The van der Waals surface area contributed by atoms with Crippen molar-refractivity contribution in [2.24, 2.45) is 11.1 Å². The number of rotatable bonds is 3. The normalized spacial score (nSPS) is 19.1. The summed E-state index contributed by atoms with van der Waals surface area (Å²) in [5, 5.41) is 0. The molecule has 1 atom stereocenters. The van der Waals surface area contributed by atoms with Crippen molar-refractivity contribution in [3.05, 3.63) is 29.8 Å². The maximum Gasteiger partial charge on any atom is 0.0456 e. The van der Waals surface area contributed by atoms with E-state index in [1.54, 1.807) is 0 Å². The molecule has 3 heteroatoms. The van der Waals surface area contributed by atoms with Crippen LogP contribution >= 0.6 is 0 Å². The lowest BCUT2D eigenvalue weighted by Gasteiger charge is -2.35. The van der Waals surface area contributed by atoms with Crippen molar-refractivity contribution < 1.29 is 0 Å². The topological polar surface area (TPSA) is 32.5 Å². The number of benzene rings is 1. The van der Waals surface area contributed by atoms with Gasteiger partial charge in [-0.05, 0) is 29.0 Å². The molecule has 0 bridgehead atoms. The first-order valence-corrected chi connectivity index (χ1v) is 7.69. The van der Waals surface area contributed by atoms with Gasteiger partial charge in [-0.25, -0.2) is 0 Å². The molecule has 0 amide bonds. The Balaban J connectivity index is 2.02. The summed E-state index contributed by atoms with van der Waals surface area (Å²) in [7, 11) is 0. The van der Waals surface area contributed by atoms with Gasteiger partial charge >= 0.3 is 0 Å². The lowest BCUT2D eigenvalue weighted by atomic mass is 9.78. The molecule has 0 aromatic heterocycles. The first kappa shape index (κ1) is 15.3. The molecule has 1 aliphatic rings. The molecule has 2 rings (SSSR count). The van der Waals surface area contributed by atoms with E-state index in [2.05, 4.69) is 61.8 Å². The Morgan fingerprint density at radius 2 is 1.60 bits per heavy atom. The smallest absolute Gasteiger partial charge is 0.0456 e. The Bertz CT molecular complexity index is 411. The van der Waals surface area contributed by atoms with Crippen LogP contribution in [0.3, 0.4) is 0 Å². The molecular formula is C17H29N3. The predicted molar refractivity (Wildman–Crippen MR) is 87.2 cm³/mol. The van der Waals surface area contributed by atoms with Crippen molar-refractivity contribution in [2.75, 3.05) is 37.7 Å². The molecule has 1 aromatic rings. The largest absolute Gasteiger partial charge is 0.369 e. The van der Waals surface area contributed by atoms with Gasteiger partial charge in [-0.2, -0.15) is 0 Å². The lowest BCUT2D eigenvalue weighted by Crippen LogP contribution is -2.48. The first-order valence-electron chi connectivity index (χ1n) is 7.69. The average molecular weight is 275 g/mol. The van der Waals surface area contributed by atoms with E-state index in [0.717, 1.165) is 26.2 Å². The molecule has 1 aliphatic heterocycles.